The topological polar surface area (TPSA) is 12.0 Å². The van der Waals surface area contributed by atoms with Gasteiger partial charge in [-0.25, -0.2) is 0 Å². The molecule has 1 aliphatic heterocycles. The lowest BCUT2D eigenvalue weighted by Crippen LogP contribution is -2.37. The zero-order valence-corrected chi connectivity index (χ0v) is 10.4. The van der Waals surface area contributed by atoms with Crippen LogP contribution in [0, 0.1) is 5.92 Å². The van der Waals surface area contributed by atoms with Gasteiger partial charge in [-0.15, -0.1) is 0 Å². The Bertz CT molecular complexity index is 375. The highest BCUT2D eigenvalue weighted by atomic mass is 79.9. The van der Waals surface area contributed by atoms with Crippen LogP contribution in [0.15, 0.2) is 22.7 Å². The molecule has 0 amide bonds. The second-order valence-corrected chi connectivity index (χ2v) is 5.63. The summed E-state index contributed by atoms with van der Waals surface area (Å²) < 4.78 is 1.22. The Labute approximate surface area is 99.4 Å². The fourth-order valence-corrected chi connectivity index (χ4v) is 3.47. The van der Waals surface area contributed by atoms with E-state index in [0.29, 0.717) is 6.04 Å². The molecule has 1 nitrogen and oxygen atoms in total. The Morgan fingerprint density at radius 1 is 1.27 bits per heavy atom. The quantitative estimate of drug-likeness (QED) is 0.758. The average Bonchev–Trinajstić information content (AvgIpc) is 2.28. The van der Waals surface area contributed by atoms with E-state index in [4.69, 9.17) is 0 Å². The summed E-state index contributed by atoms with van der Waals surface area (Å²) in [5.41, 5.74) is 3.09. The van der Waals surface area contributed by atoms with Crippen LogP contribution in [-0.2, 0) is 6.42 Å². The molecule has 0 aromatic heterocycles. The largest absolute Gasteiger partial charge is 0.310 e. The van der Waals surface area contributed by atoms with Gasteiger partial charge in [-0.2, -0.15) is 0 Å². The number of benzene rings is 1. The first-order valence-electron chi connectivity index (χ1n) is 5.86. The fraction of sp³-hybridized carbons (Fsp3) is 0.538. The minimum Gasteiger partial charge on any atom is -0.310 e. The van der Waals surface area contributed by atoms with E-state index in [1.807, 2.05) is 0 Å². The Morgan fingerprint density at radius 3 is 3.13 bits per heavy atom. The van der Waals surface area contributed by atoms with Gasteiger partial charge in [0.05, 0.1) is 0 Å². The molecule has 2 heteroatoms. The van der Waals surface area contributed by atoms with Gasteiger partial charge in [-0.1, -0.05) is 22.0 Å². The predicted molar refractivity (Wildman–Crippen MR) is 65.9 cm³/mol. The summed E-state index contributed by atoms with van der Waals surface area (Å²) >= 11 is 3.56. The zero-order valence-electron chi connectivity index (χ0n) is 8.80. The maximum absolute atomic E-state index is 3.68. The first kappa shape index (κ1) is 9.86. The molecule has 80 valence electrons. The van der Waals surface area contributed by atoms with E-state index in [1.54, 1.807) is 11.1 Å². The number of aryl methyl sites for hydroxylation is 1. The normalized spacial score (nSPS) is 29.4. The zero-order chi connectivity index (χ0) is 10.3. The first-order valence-corrected chi connectivity index (χ1v) is 6.65. The van der Waals surface area contributed by atoms with Crippen LogP contribution in [0.3, 0.4) is 0 Å². The first-order chi connectivity index (χ1) is 7.34. The fourth-order valence-electron chi connectivity index (χ4n) is 3.07. The molecule has 0 radical (unpaired) electrons. The van der Waals surface area contributed by atoms with Gasteiger partial charge >= 0.3 is 0 Å². The third-order valence-electron chi connectivity index (χ3n) is 3.81. The molecule has 1 N–H and O–H groups in total. The Hall–Kier alpha value is -0.340. The maximum atomic E-state index is 3.68. The molecule has 1 fully saturated rings. The number of hydrogen-bond donors (Lipinski definition) is 1. The summed E-state index contributed by atoms with van der Waals surface area (Å²) in [5.74, 6) is 0.882. The Morgan fingerprint density at radius 2 is 2.20 bits per heavy atom. The van der Waals surface area contributed by atoms with Gasteiger partial charge in [0.15, 0.2) is 0 Å². The lowest BCUT2D eigenvalue weighted by Gasteiger charge is -2.38. The van der Waals surface area contributed by atoms with Gasteiger partial charge in [0.1, 0.15) is 0 Å². The Balaban J connectivity index is 1.99. The molecule has 15 heavy (non-hydrogen) atoms. The molecular weight excluding hydrogens is 250 g/mol. The highest BCUT2D eigenvalue weighted by Gasteiger charge is 2.30. The molecule has 0 bridgehead atoms. The van der Waals surface area contributed by atoms with Crippen LogP contribution >= 0.6 is 15.9 Å². The molecule has 1 heterocycles. The van der Waals surface area contributed by atoms with Crippen LogP contribution in [0.1, 0.15) is 36.4 Å². The van der Waals surface area contributed by atoms with Crippen LogP contribution in [0.5, 0.6) is 0 Å². The van der Waals surface area contributed by atoms with E-state index in [-0.39, 0.29) is 0 Å². The highest BCUT2D eigenvalue weighted by molar-refractivity contribution is 9.10. The molecule has 1 aromatic carbocycles. The van der Waals surface area contributed by atoms with Crippen molar-refractivity contribution in [2.24, 2.45) is 5.92 Å². The minimum absolute atomic E-state index is 0.635. The van der Waals surface area contributed by atoms with E-state index >= 15 is 0 Å². The van der Waals surface area contributed by atoms with Gasteiger partial charge in [-0.05, 0) is 61.4 Å². The van der Waals surface area contributed by atoms with Crippen molar-refractivity contribution in [2.45, 2.75) is 31.7 Å². The summed E-state index contributed by atoms with van der Waals surface area (Å²) in [6.45, 7) is 1.19. The summed E-state index contributed by atoms with van der Waals surface area (Å²) in [7, 11) is 0. The van der Waals surface area contributed by atoms with Crippen molar-refractivity contribution in [3.63, 3.8) is 0 Å². The lowest BCUT2D eigenvalue weighted by atomic mass is 9.76. The monoisotopic (exact) mass is 265 g/mol. The van der Waals surface area contributed by atoms with Crippen molar-refractivity contribution >= 4 is 15.9 Å². The third-order valence-corrected chi connectivity index (χ3v) is 4.31. The van der Waals surface area contributed by atoms with Gasteiger partial charge in [0.2, 0.25) is 0 Å². The van der Waals surface area contributed by atoms with Crippen molar-refractivity contribution in [3.05, 3.63) is 33.8 Å². The second kappa shape index (κ2) is 3.91. The van der Waals surface area contributed by atoms with Gasteiger partial charge in [0.25, 0.3) is 0 Å². The minimum atomic E-state index is 0.635. The van der Waals surface area contributed by atoms with Crippen molar-refractivity contribution in [2.75, 3.05) is 6.54 Å². The van der Waals surface area contributed by atoms with E-state index in [2.05, 4.69) is 39.4 Å². The molecule has 1 saturated heterocycles. The number of fused-ring (bicyclic) bond motifs is 3. The molecule has 1 aliphatic carbocycles. The van der Waals surface area contributed by atoms with Crippen LogP contribution in [0.25, 0.3) is 0 Å². The predicted octanol–water partition coefficient (Wildman–Crippen LogP) is 3.44. The number of piperidine rings is 1. The van der Waals surface area contributed by atoms with Crippen molar-refractivity contribution in [3.8, 4) is 0 Å². The SMILES string of the molecule is Brc1ccc2c(c1)CCC1CCCNC21. The number of hydrogen-bond acceptors (Lipinski definition) is 1. The standard InChI is InChI=1S/C13H16BrN/c14-11-5-6-12-10(8-11)4-3-9-2-1-7-15-13(9)12/h5-6,8-9,13,15H,1-4,7H2. The van der Waals surface area contributed by atoms with E-state index < -0.39 is 0 Å². The van der Waals surface area contributed by atoms with Crippen LogP contribution < -0.4 is 5.32 Å². The third kappa shape index (κ3) is 1.74. The maximum Gasteiger partial charge on any atom is 0.0351 e. The second-order valence-electron chi connectivity index (χ2n) is 4.72. The number of rotatable bonds is 0. The average molecular weight is 266 g/mol. The molecule has 0 saturated carbocycles. The summed E-state index contributed by atoms with van der Waals surface area (Å²) in [6.07, 6.45) is 5.39. The summed E-state index contributed by atoms with van der Waals surface area (Å²) in [6, 6.07) is 7.41. The smallest absolute Gasteiger partial charge is 0.0351 e. The van der Waals surface area contributed by atoms with Gasteiger partial charge < -0.3 is 5.32 Å². The van der Waals surface area contributed by atoms with Crippen molar-refractivity contribution < 1.29 is 0 Å². The van der Waals surface area contributed by atoms with Gasteiger partial charge in [-0.3, -0.25) is 0 Å². The molecular formula is C13H16BrN. The van der Waals surface area contributed by atoms with Crippen LogP contribution in [0.2, 0.25) is 0 Å². The van der Waals surface area contributed by atoms with E-state index in [9.17, 15) is 0 Å². The molecule has 2 unspecified atom stereocenters. The molecule has 3 rings (SSSR count). The van der Waals surface area contributed by atoms with Crippen molar-refractivity contribution in [1.29, 1.82) is 0 Å². The Kier molecular flexibility index (Phi) is 2.57. The van der Waals surface area contributed by atoms with E-state index in [0.717, 1.165) is 5.92 Å². The number of nitrogens with one attached hydrogen (secondary N) is 1. The van der Waals surface area contributed by atoms with Gasteiger partial charge in [0, 0.05) is 10.5 Å². The number of halogens is 1. The van der Waals surface area contributed by atoms with Crippen molar-refractivity contribution in [1.82, 2.24) is 5.32 Å². The van der Waals surface area contributed by atoms with E-state index in [1.165, 1.54) is 36.7 Å². The molecule has 2 atom stereocenters. The lowest BCUT2D eigenvalue weighted by molar-refractivity contribution is 0.255. The van der Waals surface area contributed by atoms with Crippen LogP contribution in [-0.4, -0.2) is 6.54 Å². The summed E-state index contributed by atoms with van der Waals surface area (Å²) in [4.78, 5) is 0. The van der Waals surface area contributed by atoms with Crippen LogP contribution in [0.4, 0.5) is 0 Å². The molecule has 0 spiro atoms. The summed E-state index contributed by atoms with van der Waals surface area (Å²) in [5, 5.41) is 3.68. The highest BCUT2D eigenvalue weighted by Crippen LogP contribution is 2.39. The molecule has 1 aromatic rings. The molecule has 2 aliphatic rings.